The zero-order valence-electron chi connectivity index (χ0n) is 14.2. The lowest BCUT2D eigenvalue weighted by molar-refractivity contribution is -0.115. The molecule has 0 heterocycles. The van der Waals surface area contributed by atoms with Crippen LogP contribution in [-0.4, -0.2) is 30.1 Å². The van der Waals surface area contributed by atoms with Gasteiger partial charge in [-0.2, -0.15) is 0 Å². The van der Waals surface area contributed by atoms with Crippen molar-refractivity contribution < 1.29 is 9.90 Å². The van der Waals surface area contributed by atoms with E-state index in [1.165, 1.54) is 12.1 Å². The van der Waals surface area contributed by atoms with Gasteiger partial charge in [-0.25, -0.2) is 4.99 Å². The molecule has 0 saturated carbocycles. The Hall–Kier alpha value is -2.44. The number of rotatable bonds is 6. The maximum Gasteiger partial charge on any atom is 0.243 e. The summed E-state index contributed by atoms with van der Waals surface area (Å²) in [6.45, 7) is 2.98. The summed E-state index contributed by atoms with van der Waals surface area (Å²) in [7, 11) is 0. The van der Waals surface area contributed by atoms with Gasteiger partial charge in [0.15, 0.2) is 5.96 Å². The van der Waals surface area contributed by atoms with E-state index in [1.807, 2.05) is 13.0 Å². The molecular weight excluding hydrogens is 375 g/mol. The van der Waals surface area contributed by atoms with Gasteiger partial charge in [0.2, 0.25) is 5.91 Å². The van der Waals surface area contributed by atoms with Gasteiger partial charge in [0.25, 0.3) is 0 Å². The number of carbonyl (C=O) groups excluding carboxylic acids is 1. The molecule has 2 rings (SSSR count). The molecule has 0 spiro atoms. The topological polar surface area (TPSA) is 85.8 Å². The molecule has 0 unspecified atom stereocenters. The highest BCUT2D eigenvalue weighted by atomic mass is 35.5. The van der Waals surface area contributed by atoms with E-state index >= 15 is 0 Å². The van der Waals surface area contributed by atoms with Crippen molar-refractivity contribution in [3.63, 3.8) is 0 Å². The first-order chi connectivity index (χ1) is 12.5. The van der Waals surface area contributed by atoms with E-state index in [0.29, 0.717) is 34.8 Å². The highest BCUT2D eigenvalue weighted by Crippen LogP contribution is 2.21. The van der Waals surface area contributed by atoms with Gasteiger partial charge in [0.1, 0.15) is 5.75 Å². The van der Waals surface area contributed by atoms with Crippen molar-refractivity contribution in [2.24, 2.45) is 4.99 Å². The number of phenolic OH excluding ortho intramolecular Hbond substituents is 1. The Balaban J connectivity index is 1.92. The summed E-state index contributed by atoms with van der Waals surface area (Å²) in [5, 5.41) is 19.1. The number of guanidine groups is 1. The molecule has 2 aromatic carbocycles. The monoisotopic (exact) mass is 394 g/mol. The first-order valence-corrected chi connectivity index (χ1v) is 8.78. The molecule has 0 radical (unpaired) electrons. The first kappa shape index (κ1) is 19.9. The van der Waals surface area contributed by atoms with Crippen LogP contribution in [-0.2, 0) is 11.3 Å². The van der Waals surface area contributed by atoms with E-state index in [9.17, 15) is 9.90 Å². The van der Waals surface area contributed by atoms with Crippen molar-refractivity contribution in [3.8, 4) is 5.75 Å². The summed E-state index contributed by atoms with van der Waals surface area (Å²) < 4.78 is 0. The van der Waals surface area contributed by atoms with Crippen LogP contribution in [0.15, 0.2) is 47.5 Å². The lowest BCUT2D eigenvalue weighted by Gasteiger charge is -2.12. The van der Waals surface area contributed by atoms with Gasteiger partial charge in [0.05, 0.1) is 13.1 Å². The summed E-state index contributed by atoms with van der Waals surface area (Å²) in [6.07, 6.45) is 0. The molecule has 0 aliphatic heterocycles. The highest BCUT2D eigenvalue weighted by molar-refractivity contribution is 6.35. The molecule has 0 atom stereocenters. The minimum atomic E-state index is -0.231. The number of hydrogen-bond acceptors (Lipinski definition) is 3. The van der Waals surface area contributed by atoms with Crippen molar-refractivity contribution in [1.82, 2.24) is 10.6 Å². The van der Waals surface area contributed by atoms with Gasteiger partial charge < -0.3 is 21.1 Å². The van der Waals surface area contributed by atoms with Crippen LogP contribution in [0.5, 0.6) is 5.75 Å². The van der Waals surface area contributed by atoms with E-state index < -0.39 is 0 Å². The Labute approximate surface area is 162 Å². The van der Waals surface area contributed by atoms with E-state index in [-0.39, 0.29) is 18.2 Å². The second kappa shape index (κ2) is 9.89. The number of phenols is 1. The number of anilines is 1. The second-order valence-corrected chi connectivity index (χ2v) is 6.22. The molecule has 2 aromatic rings. The summed E-state index contributed by atoms with van der Waals surface area (Å²) >= 11 is 12.0. The van der Waals surface area contributed by atoms with Crippen molar-refractivity contribution >= 4 is 40.8 Å². The number of nitrogens with zero attached hydrogens (tertiary/aromatic N) is 1. The van der Waals surface area contributed by atoms with Crippen LogP contribution in [0.3, 0.4) is 0 Å². The molecule has 0 saturated heterocycles. The number of aliphatic imine (C=N–C) groups is 1. The third kappa shape index (κ3) is 6.46. The molecule has 0 aliphatic carbocycles. The number of nitrogens with one attached hydrogen (secondary N) is 3. The second-order valence-electron chi connectivity index (χ2n) is 5.38. The smallest absolute Gasteiger partial charge is 0.243 e. The van der Waals surface area contributed by atoms with E-state index in [4.69, 9.17) is 23.2 Å². The average molecular weight is 395 g/mol. The summed E-state index contributed by atoms with van der Waals surface area (Å²) in [5.74, 6) is 0.411. The van der Waals surface area contributed by atoms with Gasteiger partial charge in [-0.05, 0) is 48.9 Å². The van der Waals surface area contributed by atoms with Gasteiger partial charge in [0, 0.05) is 22.3 Å². The number of hydrogen-bond donors (Lipinski definition) is 4. The molecular formula is C18H20Cl2N4O2. The minimum Gasteiger partial charge on any atom is -0.508 e. The van der Waals surface area contributed by atoms with E-state index in [2.05, 4.69) is 20.9 Å². The van der Waals surface area contributed by atoms with Crippen molar-refractivity contribution in [3.05, 3.63) is 58.1 Å². The maximum absolute atomic E-state index is 12.0. The predicted octanol–water partition coefficient (Wildman–Crippen LogP) is 3.39. The van der Waals surface area contributed by atoms with Crippen LogP contribution in [0.1, 0.15) is 12.5 Å². The molecule has 6 nitrogen and oxygen atoms in total. The molecule has 0 aromatic heterocycles. The zero-order valence-corrected chi connectivity index (χ0v) is 15.7. The van der Waals surface area contributed by atoms with Crippen LogP contribution < -0.4 is 16.0 Å². The molecule has 4 N–H and O–H groups in total. The maximum atomic E-state index is 12.0. The van der Waals surface area contributed by atoms with E-state index in [1.54, 1.807) is 24.3 Å². The van der Waals surface area contributed by atoms with Gasteiger partial charge in [-0.3, -0.25) is 4.79 Å². The Kier molecular flexibility index (Phi) is 7.56. The lowest BCUT2D eigenvalue weighted by Crippen LogP contribution is -2.41. The van der Waals surface area contributed by atoms with Crippen molar-refractivity contribution in [2.45, 2.75) is 13.5 Å². The zero-order chi connectivity index (χ0) is 18.9. The molecule has 0 fully saturated rings. The largest absolute Gasteiger partial charge is 0.508 e. The van der Waals surface area contributed by atoms with E-state index in [0.717, 1.165) is 5.56 Å². The van der Waals surface area contributed by atoms with Crippen LogP contribution >= 0.6 is 23.2 Å². The standard InChI is InChI=1S/C18H20Cl2N4O2/c1-2-21-18(22-10-12-3-4-13(19)9-16(12)20)23-11-17(26)24-14-5-7-15(25)8-6-14/h3-9,25H,2,10-11H2,1H3,(H,24,26)(H2,21,22,23). The van der Waals surface area contributed by atoms with Crippen molar-refractivity contribution in [2.75, 3.05) is 18.4 Å². The molecule has 0 aliphatic rings. The van der Waals surface area contributed by atoms with Gasteiger partial charge in [-0.1, -0.05) is 29.3 Å². The normalized spacial score (nSPS) is 11.1. The first-order valence-electron chi connectivity index (χ1n) is 8.03. The average Bonchev–Trinajstić information content (AvgIpc) is 2.60. The fourth-order valence-electron chi connectivity index (χ4n) is 2.07. The van der Waals surface area contributed by atoms with Crippen LogP contribution in [0.4, 0.5) is 5.69 Å². The molecule has 26 heavy (non-hydrogen) atoms. The number of carbonyl (C=O) groups is 1. The number of halogens is 2. The quantitative estimate of drug-likeness (QED) is 0.343. The number of benzene rings is 2. The summed E-state index contributed by atoms with van der Waals surface area (Å²) in [6, 6.07) is 11.5. The summed E-state index contributed by atoms with van der Waals surface area (Å²) in [5.41, 5.74) is 1.44. The van der Waals surface area contributed by atoms with Crippen LogP contribution in [0.25, 0.3) is 0 Å². The highest BCUT2D eigenvalue weighted by Gasteiger charge is 2.06. The Morgan fingerprint density at radius 1 is 1.12 bits per heavy atom. The van der Waals surface area contributed by atoms with Gasteiger partial charge >= 0.3 is 0 Å². The fourth-order valence-corrected chi connectivity index (χ4v) is 2.54. The third-order valence-corrected chi connectivity index (χ3v) is 3.92. The lowest BCUT2D eigenvalue weighted by atomic mass is 10.2. The Morgan fingerprint density at radius 3 is 2.50 bits per heavy atom. The molecule has 138 valence electrons. The van der Waals surface area contributed by atoms with Crippen LogP contribution in [0, 0.1) is 0 Å². The third-order valence-electron chi connectivity index (χ3n) is 3.33. The number of amides is 1. The molecule has 1 amide bonds. The predicted molar refractivity (Wildman–Crippen MR) is 106 cm³/mol. The molecule has 8 heteroatoms. The Morgan fingerprint density at radius 2 is 1.85 bits per heavy atom. The Bertz CT molecular complexity index is 779. The minimum absolute atomic E-state index is 0.0427. The van der Waals surface area contributed by atoms with Gasteiger partial charge in [-0.15, -0.1) is 0 Å². The molecule has 0 bridgehead atoms. The summed E-state index contributed by atoms with van der Waals surface area (Å²) in [4.78, 5) is 16.4. The fraction of sp³-hybridized carbons (Fsp3) is 0.222. The van der Waals surface area contributed by atoms with Crippen LogP contribution in [0.2, 0.25) is 10.0 Å². The number of aromatic hydroxyl groups is 1. The van der Waals surface area contributed by atoms with Crippen molar-refractivity contribution in [1.29, 1.82) is 0 Å². The SMILES string of the molecule is CCNC(=NCc1ccc(Cl)cc1Cl)NCC(=O)Nc1ccc(O)cc1.